The molecule has 0 aromatic heterocycles. The van der Waals surface area contributed by atoms with Gasteiger partial charge in [-0.25, -0.2) is 0 Å². The lowest BCUT2D eigenvalue weighted by Gasteiger charge is -2.07. The van der Waals surface area contributed by atoms with Crippen LogP contribution in [0, 0.1) is 11.8 Å². The average molecular weight is 256 g/mol. The first-order valence-corrected chi connectivity index (χ1v) is 7.49. The van der Waals surface area contributed by atoms with Crippen molar-refractivity contribution in [3.8, 4) is 0 Å². The van der Waals surface area contributed by atoms with E-state index in [4.69, 9.17) is 0 Å². The second-order valence-electron chi connectivity index (χ2n) is 5.70. The standard InChI is InChI=1S/C19H28/c1-7-15(5)12-18-11-9-10-17(8-2)19(18)13-16(6)14(3)4/h9-15H,6-8H2,1-5H3/b18-12-,19-13-. The van der Waals surface area contributed by atoms with E-state index in [1.807, 2.05) is 0 Å². The highest BCUT2D eigenvalue weighted by Gasteiger charge is 2.00. The molecule has 0 aliphatic rings. The van der Waals surface area contributed by atoms with Crippen LogP contribution in [0.2, 0.25) is 0 Å². The Bertz CT molecular complexity index is 532. The van der Waals surface area contributed by atoms with Crippen LogP contribution < -0.4 is 10.4 Å². The van der Waals surface area contributed by atoms with Gasteiger partial charge in [0.05, 0.1) is 0 Å². The van der Waals surface area contributed by atoms with E-state index >= 15 is 0 Å². The van der Waals surface area contributed by atoms with Crippen LogP contribution in [-0.4, -0.2) is 0 Å². The molecule has 104 valence electrons. The number of benzene rings is 1. The van der Waals surface area contributed by atoms with E-state index in [1.165, 1.54) is 28.0 Å². The highest BCUT2D eigenvalue weighted by Crippen LogP contribution is 2.07. The van der Waals surface area contributed by atoms with Crippen molar-refractivity contribution in [3.63, 3.8) is 0 Å². The van der Waals surface area contributed by atoms with Gasteiger partial charge in [0, 0.05) is 0 Å². The molecule has 0 saturated carbocycles. The summed E-state index contributed by atoms with van der Waals surface area (Å²) >= 11 is 0. The molecule has 0 fully saturated rings. The molecule has 0 spiro atoms. The molecule has 1 unspecified atom stereocenters. The molecule has 1 aromatic carbocycles. The van der Waals surface area contributed by atoms with E-state index in [-0.39, 0.29) is 0 Å². The van der Waals surface area contributed by atoms with Crippen molar-refractivity contribution in [2.24, 2.45) is 11.8 Å². The summed E-state index contributed by atoms with van der Waals surface area (Å²) in [5.41, 5.74) is 2.62. The maximum atomic E-state index is 4.20. The minimum Gasteiger partial charge on any atom is -0.0955 e. The molecule has 0 radical (unpaired) electrons. The molecule has 0 aliphatic heterocycles. The van der Waals surface area contributed by atoms with Crippen molar-refractivity contribution in [1.82, 2.24) is 0 Å². The van der Waals surface area contributed by atoms with Crippen molar-refractivity contribution >= 4 is 12.2 Å². The number of allylic oxidation sites excluding steroid dienone is 1. The molecule has 0 amide bonds. The first-order valence-electron chi connectivity index (χ1n) is 7.49. The Labute approximate surface area is 118 Å². The summed E-state index contributed by atoms with van der Waals surface area (Å²) in [5.74, 6) is 1.12. The van der Waals surface area contributed by atoms with Crippen molar-refractivity contribution in [1.29, 1.82) is 0 Å². The van der Waals surface area contributed by atoms with Crippen LogP contribution >= 0.6 is 0 Å². The van der Waals surface area contributed by atoms with E-state index in [0.29, 0.717) is 11.8 Å². The molecular weight excluding hydrogens is 228 g/mol. The Hall–Kier alpha value is -1.30. The third-order valence-electron chi connectivity index (χ3n) is 3.79. The summed E-state index contributed by atoms with van der Waals surface area (Å²) in [4.78, 5) is 0. The van der Waals surface area contributed by atoms with E-state index in [0.717, 1.165) is 6.42 Å². The van der Waals surface area contributed by atoms with Gasteiger partial charge in [0.25, 0.3) is 0 Å². The highest BCUT2D eigenvalue weighted by atomic mass is 14.1. The Morgan fingerprint density at radius 2 is 1.89 bits per heavy atom. The molecular formula is C19H28. The van der Waals surface area contributed by atoms with Crippen LogP contribution in [0.25, 0.3) is 12.2 Å². The van der Waals surface area contributed by atoms with Crippen molar-refractivity contribution < 1.29 is 0 Å². The second-order valence-corrected chi connectivity index (χ2v) is 5.70. The fourth-order valence-electron chi connectivity index (χ4n) is 2.04. The van der Waals surface area contributed by atoms with Crippen LogP contribution in [0.5, 0.6) is 0 Å². The monoisotopic (exact) mass is 256 g/mol. The summed E-state index contributed by atoms with van der Waals surface area (Å²) in [6.07, 6.45) is 6.91. The van der Waals surface area contributed by atoms with Crippen molar-refractivity contribution in [3.05, 3.63) is 46.4 Å². The third kappa shape index (κ3) is 4.38. The number of aryl methyl sites for hydroxylation is 1. The smallest absolute Gasteiger partial charge is 0.0152 e. The zero-order valence-electron chi connectivity index (χ0n) is 13.2. The van der Waals surface area contributed by atoms with Gasteiger partial charge in [-0.3, -0.25) is 0 Å². The Morgan fingerprint density at radius 3 is 2.42 bits per heavy atom. The molecule has 19 heavy (non-hydrogen) atoms. The molecule has 0 nitrogen and oxygen atoms in total. The van der Waals surface area contributed by atoms with Gasteiger partial charge in [-0.05, 0) is 34.3 Å². The van der Waals surface area contributed by atoms with E-state index in [9.17, 15) is 0 Å². The van der Waals surface area contributed by atoms with Crippen molar-refractivity contribution in [2.75, 3.05) is 0 Å². The van der Waals surface area contributed by atoms with Crippen LogP contribution in [-0.2, 0) is 6.42 Å². The minimum absolute atomic E-state index is 0.501. The first-order chi connectivity index (χ1) is 8.99. The lowest BCUT2D eigenvalue weighted by atomic mass is 9.98. The van der Waals surface area contributed by atoms with E-state index in [1.54, 1.807) is 0 Å². The van der Waals surface area contributed by atoms with Crippen molar-refractivity contribution in [2.45, 2.75) is 47.5 Å². The van der Waals surface area contributed by atoms with Gasteiger partial charge < -0.3 is 0 Å². The van der Waals surface area contributed by atoms with Crippen LogP contribution in [0.15, 0.2) is 30.4 Å². The predicted octanol–water partition coefficient (Wildman–Crippen LogP) is 4.07. The maximum Gasteiger partial charge on any atom is -0.0152 e. The SMILES string of the molecule is C=C(/C=c1/c(CC)ccc/c1=C/C(C)CC)C(C)C. The summed E-state index contributed by atoms with van der Waals surface area (Å²) in [6, 6.07) is 6.63. The van der Waals surface area contributed by atoms with Crippen LogP contribution in [0.1, 0.15) is 46.6 Å². The fourth-order valence-corrected chi connectivity index (χ4v) is 2.04. The Balaban J connectivity index is 3.49. The van der Waals surface area contributed by atoms with E-state index < -0.39 is 0 Å². The minimum atomic E-state index is 0.501. The largest absolute Gasteiger partial charge is 0.0955 e. The summed E-state index contributed by atoms with van der Waals surface area (Å²) in [6.45, 7) is 15.3. The van der Waals surface area contributed by atoms with Gasteiger partial charge in [0.1, 0.15) is 0 Å². The Morgan fingerprint density at radius 1 is 1.21 bits per heavy atom. The molecule has 0 heteroatoms. The van der Waals surface area contributed by atoms with Gasteiger partial charge in [0.15, 0.2) is 0 Å². The normalized spacial score (nSPS) is 15.1. The molecule has 0 saturated heterocycles. The molecule has 1 rings (SSSR count). The zero-order chi connectivity index (χ0) is 14.4. The molecule has 0 bridgehead atoms. The van der Waals surface area contributed by atoms with Crippen LogP contribution in [0.3, 0.4) is 0 Å². The Kier molecular flexibility index (Phi) is 6.08. The third-order valence-corrected chi connectivity index (χ3v) is 3.79. The molecule has 1 aromatic rings. The lowest BCUT2D eigenvalue weighted by molar-refractivity contribution is 0.734. The summed E-state index contributed by atoms with van der Waals surface area (Å²) in [5, 5.41) is 2.72. The lowest BCUT2D eigenvalue weighted by Crippen LogP contribution is -2.29. The summed E-state index contributed by atoms with van der Waals surface area (Å²) < 4.78 is 0. The highest BCUT2D eigenvalue weighted by molar-refractivity contribution is 5.49. The average Bonchev–Trinajstić information content (AvgIpc) is 2.40. The number of hydrogen-bond donors (Lipinski definition) is 0. The second kappa shape index (κ2) is 7.33. The maximum absolute atomic E-state index is 4.20. The van der Waals surface area contributed by atoms with Crippen LogP contribution in [0.4, 0.5) is 0 Å². The van der Waals surface area contributed by atoms with Gasteiger partial charge in [0.2, 0.25) is 0 Å². The molecule has 0 N–H and O–H groups in total. The summed E-state index contributed by atoms with van der Waals surface area (Å²) in [7, 11) is 0. The first kappa shape index (κ1) is 15.8. The van der Waals surface area contributed by atoms with Gasteiger partial charge in [-0.15, -0.1) is 0 Å². The molecule has 0 aliphatic carbocycles. The van der Waals surface area contributed by atoms with E-state index in [2.05, 4.69) is 71.5 Å². The molecule has 0 heterocycles. The zero-order valence-corrected chi connectivity index (χ0v) is 13.2. The van der Waals surface area contributed by atoms with Gasteiger partial charge >= 0.3 is 0 Å². The number of rotatable bonds is 5. The van der Waals surface area contributed by atoms with Gasteiger partial charge in [-0.1, -0.05) is 83.5 Å². The molecule has 1 atom stereocenters. The van der Waals surface area contributed by atoms with Gasteiger partial charge in [-0.2, -0.15) is 0 Å². The quantitative estimate of drug-likeness (QED) is 0.745. The predicted molar refractivity (Wildman–Crippen MR) is 87.4 cm³/mol. The fraction of sp³-hybridized carbons (Fsp3) is 0.474. The number of hydrogen-bond acceptors (Lipinski definition) is 0. The topological polar surface area (TPSA) is 0 Å².